The van der Waals surface area contributed by atoms with Crippen LogP contribution in [0.25, 0.3) is 0 Å². The summed E-state index contributed by atoms with van der Waals surface area (Å²) in [4.78, 5) is 16.3. The molecule has 78 valence electrons. The lowest BCUT2D eigenvalue weighted by molar-refractivity contribution is -0.129. The second-order valence-electron chi connectivity index (χ2n) is 2.58. The van der Waals surface area contributed by atoms with E-state index in [4.69, 9.17) is 9.57 Å². The summed E-state index contributed by atoms with van der Waals surface area (Å²) in [7, 11) is 0. The molecule has 0 spiro atoms. The second-order valence-corrected chi connectivity index (χ2v) is 2.58. The Kier molecular flexibility index (Phi) is 7.39. The van der Waals surface area contributed by atoms with Crippen LogP contribution in [0.1, 0.15) is 33.6 Å². The molecule has 0 aliphatic rings. The van der Waals surface area contributed by atoms with Crippen LogP contribution in [0, 0.1) is 0 Å². The van der Waals surface area contributed by atoms with Crippen LogP contribution >= 0.6 is 0 Å². The van der Waals surface area contributed by atoms with Crippen LogP contribution in [0.4, 0.5) is 4.79 Å². The van der Waals surface area contributed by atoms with Gasteiger partial charge in [-0.15, -0.1) is 0 Å². The van der Waals surface area contributed by atoms with Gasteiger partial charge in [0, 0.05) is 6.54 Å². The normalized spacial score (nSPS) is 9.77. The van der Waals surface area contributed by atoms with Gasteiger partial charge in [-0.1, -0.05) is 13.3 Å². The molecule has 0 saturated heterocycles. The van der Waals surface area contributed by atoms with Crippen molar-refractivity contribution in [3.8, 4) is 0 Å². The molecule has 0 aliphatic carbocycles. The number of hydrogen-bond acceptors (Lipinski definition) is 3. The summed E-state index contributed by atoms with van der Waals surface area (Å²) in [5.41, 5.74) is 0. The molecule has 0 rings (SSSR count). The summed E-state index contributed by atoms with van der Waals surface area (Å²) in [5, 5.41) is 1.23. The third-order valence-corrected chi connectivity index (χ3v) is 1.50. The monoisotopic (exact) mass is 189 g/mol. The Labute approximate surface area is 79.8 Å². The van der Waals surface area contributed by atoms with E-state index in [0.717, 1.165) is 12.8 Å². The quantitative estimate of drug-likeness (QED) is 0.475. The van der Waals surface area contributed by atoms with Crippen molar-refractivity contribution in [1.29, 1.82) is 0 Å². The number of unbranched alkanes of at least 4 members (excludes halogenated alkanes) is 1. The first-order chi connectivity index (χ1) is 6.26. The van der Waals surface area contributed by atoms with Gasteiger partial charge in [0.05, 0.1) is 13.2 Å². The summed E-state index contributed by atoms with van der Waals surface area (Å²) >= 11 is 0. The molecule has 0 saturated carbocycles. The molecule has 0 aromatic heterocycles. The van der Waals surface area contributed by atoms with Crippen LogP contribution in [0.3, 0.4) is 0 Å². The molecule has 13 heavy (non-hydrogen) atoms. The van der Waals surface area contributed by atoms with Gasteiger partial charge in [-0.25, -0.2) is 4.79 Å². The molecular formula is C9H19NO3. The minimum atomic E-state index is -0.391. The Hall–Kier alpha value is -0.770. The molecule has 0 aliphatic heterocycles. The van der Waals surface area contributed by atoms with Gasteiger partial charge in [-0.2, -0.15) is 5.06 Å². The number of ether oxygens (including phenoxy) is 1. The fourth-order valence-corrected chi connectivity index (χ4v) is 0.805. The number of hydrogen-bond donors (Lipinski definition) is 0. The van der Waals surface area contributed by atoms with E-state index < -0.39 is 6.09 Å². The van der Waals surface area contributed by atoms with Gasteiger partial charge >= 0.3 is 6.09 Å². The minimum absolute atomic E-state index is 0.391. The van der Waals surface area contributed by atoms with E-state index in [2.05, 4.69) is 0 Å². The van der Waals surface area contributed by atoms with Crippen LogP contribution in [0.15, 0.2) is 0 Å². The zero-order chi connectivity index (χ0) is 10.1. The SMILES string of the molecule is CCCCOC(=O)N(CC)OCC. The number of hydroxylamine groups is 2. The molecule has 0 atom stereocenters. The Morgan fingerprint density at radius 3 is 2.46 bits per heavy atom. The van der Waals surface area contributed by atoms with E-state index in [1.807, 2.05) is 20.8 Å². The topological polar surface area (TPSA) is 38.8 Å². The standard InChI is InChI=1S/C9H19NO3/c1-4-7-8-12-9(11)10(5-2)13-6-3/h4-8H2,1-3H3. The van der Waals surface area contributed by atoms with E-state index in [-0.39, 0.29) is 0 Å². The fraction of sp³-hybridized carbons (Fsp3) is 0.889. The largest absolute Gasteiger partial charge is 0.448 e. The predicted octanol–water partition coefficient (Wildman–Crippen LogP) is 2.20. The van der Waals surface area contributed by atoms with Crippen LogP contribution < -0.4 is 0 Å². The average molecular weight is 189 g/mol. The maximum atomic E-state index is 11.2. The summed E-state index contributed by atoms with van der Waals surface area (Å²) < 4.78 is 4.95. The number of amides is 1. The van der Waals surface area contributed by atoms with Gasteiger partial charge < -0.3 is 4.74 Å². The van der Waals surface area contributed by atoms with Gasteiger partial charge in [0.1, 0.15) is 0 Å². The van der Waals surface area contributed by atoms with E-state index in [0.29, 0.717) is 19.8 Å². The van der Waals surface area contributed by atoms with Crippen molar-refractivity contribution in [2.45, 2.75) is 33.6 Å². The van der Waals surface area contributed by atoms with Gasteiger partial charge in [-0.05, 0) is 20.3 Å². The third-order valence-electron chi connectivity index (χ3n) is 1.50. The molecule has 0 bridgehead atoms. The fourth-order valence-electron chi connectivity index (χ4n) is 0.805. The van der Waals surface area contributed by atoms with Gasteiger partial charge in [0.15, 0.2) is 0 Å². The number of carbonyl (C=O) groups excluding carboxylic acids is 1. The Morgan fingerprint density at radius 1 is 1.31 bits per heavy atom. The lowest BCUT2D eigenvalue weighted by Crippen LogP contribution is -2.31. The second kappa shape index (κ2) is 7.86. The Balaban J connectivity index is 3.64. The number of carbonyl (C=O) groups is 1. The van der Waals surface area contributed by atoms with Crippen LogP contribution in [-0.2, 0) is 9.57 Å². The van der Waals surface area contributed by atoms with Crippen molar-refractivity contribution in [3.05, 3.63) is 0 Å². The van der Waals surface area contributed by atoms with Crippen molar-refractivity contribution in [3.63, 3.8) is 0 Å². The maximum absolute atomic E-state index is 11.2. The molecule has 0 radical (unpaired) electrons. The molecule has 0 unspecified atom stereocenters. The summed E-state index contributed by atoms with van der Waals surface area (Å²) in [5.74, 6) is 0. The first kappa shape index (κ1) is 12.2. The van der Waals surface area contributed by atoms with Gasteiger partial charge in [0.2, 0.25) is 0 Å². The lowest BCUT2D eigenvalue weighted by atomic mass is 10.4. The first-order valence-corrected chi connectivity index (χ1v) is 4.83. The highest BCUT2D eigenvalue weighted by Crippen LogP contribution is 1.97. The van der Waals surface area contributed by atoms with Crippen molar-refractivity contribution < 1.29 is 14.4 Å². The Bertz CT molecular complexity index is 139. The molecule has 0 aromatic carbocycles. The third kappa shape index (κ3) is 5.47. The first-order valence-electron chi connectivity index (χ1n) is 4.83. The van der Waals surface area contributed by atoms with Crippen LogP contribution in [-0.4, -0.2) is 30.9 Å². The molecule has 0 N–H and O–H groups in total. The van der Waals surface area contributed by atoms with E-state index >= 15 is 0 Å². The maximum Gasteiger partial charge on any atom is 0.433 e. The molecule has 4 heteroatoms. The zero-order valence-electron chi connectivity index (χ0n) is 8.71. The molecule has 4 nitrogen and oxygen atoms in total. The molecule has 0 fully saturated rings. The molecule has 0 heterocycles. The smallest absolute Gasteiger partial charge is 0.433 e. The highest BCUT2D eigenvalue weighted by Gasteiger charge is 2.12. The lowest BCUT2D eigenvalue weighted by Gasteiger charge is -2.18. The van der Waals surface area contributed by atoms with Crippen LogP contribution in [0.2, 0.25) is 0 Å². The predicted molar refractivity (Wildman–Crippen MR) is 50.3 cm³/mol. The molecule has 1 amide bonds. The Morgan fingerprint density at radius 2 is 2.00 bits per heavy atom. The van der Waals surface area contributed by atoms with Crippen molar-refractivity contribution in [1.82, 2.24) is 5.06 Å². The van der Waals surface area contributed by atoms with E-state index in [1.54, 1.807) is 0 Å². The highest BCUT2D eigenvalue weighted by atomic mass is 16.7. The van der Waals surface area contributed by atoms with Crippen molar-refractivity contribution in [2.24, 2.45) is 0 Å². The van der Waals surface area contributed by atoms with Crippen molar-refractivity contribution >= 4 is 6.09 Å². The van der Waals surface area contributed by atoms with E-state index in [9.17, 15) is 4.79 Å². The zero-order valence-corrected chi connectivity index (χ0v) is 8.71. The average Bonchev–Trinajstić information content (AvgIpc) is 2.14. The van der Waals surface area contributed by atoms with Crippen molar-refractivity contribution in [2.75, 3.05) is 19.8 Å². The summed E-state index contributed by atoms with van der Waals surface area (Å²) in [6, 6.07) is 0. The molecule has 0 aromatic rings. The molecular weight excluding hydrogens is 170 g/mol. The number of nitrogens with zero attached hydrogens (tertiary/aromatic N) is 1. The summed E-state index contributed by atoms with van der Waals surface area (Å²) in [6.45, 7) is 7.20. The summed E-state index contributed by atoms with van der Waals surface area (Å²) in [6.07, 6.45) is 1.53. The highest BCUT2D eigenvalue weighted by molar-refractivity contribution is 5.66. The van der Waals surface area contributed by atoms with E-state index in [1.165, 1.54) is 5.06 Å². The number of rotatable bonds is 6. The van der Waals surface area contributed by atoms with Gasteiger partial charge in [-0.3, -0.25) is 4.84 Å². The van der Waals surface area contributed by atoms with Gasteiger partial charge in [0.25, 0.3) is 0 Å². The van der Waals surface area contributed by atoms with Crippen LogP contribution in [0.5, 0.6) is 0 Å². The minimum Gasteiger partial charge on any atom is -0.448 e.